The first-order chi connectivity index (χ1) is 9.15. The van der Waals surface area contributed by atoms with E-state index in [1.165, 1.54) is 0 Å². The van der Waals surface area contributed by atoms with Gasteiger partial charge in [-0.1, -0.05) is 0 Å². The molecule has 1 spiro atoms. The van der Waals surface area contributed by atoms with Gasteiger partial charge in [-0.05, 0) is 58.7 Å². The molecule has 2 aliphatic rings. The second-order valence-electron chi connectivity index (χ2n) is 6.26. The minimum atomic E-state index is 0.0639. The van der Waals surface area contributed by atoms with Gasteiger partial charge in [0.25, 0.3) is 0 Å². The molecule has 0 aromatic rings. The van der Waals surface area contributed by atoms with Gasteiger partial charge in [0.1, 0.15) is 0 Å². The minimum Gasteiger partial charge on any atom is -0.381 e. The zero-order chi connectivity index (χ0) is 13.7. The highest BCUT2D eigenvalue weighted by molar-refractivity contribution is 4.92. The Bertz CT molecular complexity index is 262. The van der Waals surface area contributed by atoms with Crippen LogP contribution in [0.25, 0.3) is 0 Å². The van der Waals surface area contributed by atoms with Crippen molar-refractivity contribution in [3.8, 4) is 0 Å². The summed E-state index contributed by atoms with van der Waals surface area (Å²) in [5.41, 5.74) is 3.10. The van der Waals surface area contributed by atoms with E-state index in [1.54, 1.807) is 0 Å². The van der Waals surface area contributed by atoms with Crippen LogP contribution < -0.4 is 11.3 Å². The van der Waals surface area contributed by atoms with Gasteiger partial charge < -0.3 is 14.4 Å². The van der Waals surface area contributed by atoms with Gasteiger partial charge in [-0.3, -0.25) is 11.3 Å². The Morgan fingerprint density at radius 1 is 1.32 bits per heavy atom. The fourth-order valence-electron chi connectivity index (χ4n) is 3.35. The molecule has 0 aromatic carbocycles. The van der Waals surface area contributed by atoms with Crippen molar-refractivity contribution in [2.75, 3.05) is 40.5 Å². The maximum atomic E-state index is 6.10. The molecule has 2 atom stereocenters. The number of nitrogens with two attached hydrogens (primary N) is 1. The van der Waals surface area contributed by atoms with Gasteiger partial charge >= 0.3 is 0 Å². The van der Waals surface area contributed by atoms with Gasteiger partial charge in [-0.15, -0.1) is 0 Å². The molecule has 5 heteroatoms. The Morgan fingerprint density at radius 2 is 2.05 bits per heavy atom. The van der Waals surface area contributed by atoms with Crippen LogP contribution >= 0.6 is 0 Å². The Balaban J connectivity index is 1.90. The van der Waals surface area contributed by atoms with Crippen molar-refractivity contribution >= 4 is 0 Å². The summed E-state index contributed by atoms with van der Waals surface area (Å²) in [6, 6.07) is 0.394. The van der Waals surface area contributed by atoms with Gasteiger partial charge in [-0.25, -0.2) is 0 Å². The zero-order valence-corrected chi connectivity index (χ0v) is 12.4. The monoisotopic (exact) mass is 271 g/mol. The van der Waals surface area contributed by atoms with Crippen LogP contribution in [0.1, 0.15) is 32.1 Å². The summed E-state index contributed by atoms with van der Waals surface area (Å²) in [6.45, 7) is 3.61. The fraction of sp³-hybridized carbons (Fsp3) is 1.00. The minimum absolute atomic E-state index is 0.0639. The number of hydrogen-bond donors (Lipinski definition) is 2. The number of hydrazine groups is 1. The third-order valence-corrected chi connectivity index (χ3v) is 4.61. The lowest BCUT2D eigenvalue weighted by Crippen LogP contribution is -2.51. The molecule has 0 aromatic heterocycles. The van der Waals surface area contributed by atoms with Crippen molar-refractivity contribution in [2.24, 2.45) is 11.8 Å². The van der Waals surface area contributed by atoms with E-state index >= 15 is 0 Å². The molecule has 2 fully saturated rings. The number of hydrogen-bond acceptors (Lipinski definition) is 5. The van der Waals surface area contributed by atoms with E-state index in [1.807, 2.05) is 0 Å². The molecular weight excluding hydrogens is 242 g/mol. The molecule has 0 bridgehead atoms. The molecule has 112 valence electrons. The molecule has 2 rings (SSSR count). The summed E-state index contributed by atoms with van der Waals surface area (Å²) >= 11 is 0. The first kappa shape index (κ1) is 15.2. The standard InChI is InChI=1S/C14H29N3O2/c1-17(2)7-3-13(16-15)12-4-8-19-14(11-12)5-9-18-10-6-14/h12-13,16H,3-11,15H2,1-2H3. The summed E-state index contributed by atoms with van der Waals surface area (Å²) in [4.78, 5) is 2.22. The van der Waals surface area contributed by atoms with Crippen molar-refractivity contribution in [2.45, 2.75) is 43.7 Å². The van der Waals surface area contributed by atoms with E-state index in [9.17, 15) is 0 Å². The van der Waals surface area contributed by atoms with Gasteiger partial charge in [-0.2, -0.15) is 0 Å². The van der Waals surface area contributed by atoms with Gasteiger partial charge in [0.15, 0.2) is 0 Å². The average molecular weight is 271 g/mol. The normalized spacial score (nSPS) is 28.7. The van der Waals surface area contributed by atoms with E-state index in [2.05, 4.69) is 24.4 Å². The maximum absolute atomic E-state index is 6.10. The third-order valence-electron chi connectivity index (χ3n) is 4.61. The van der Waals surface area contributed by atoms with Crippen molar-refractivity contribution in [1.82, 2.24) is 10.3 Å². The van der Waals surface area contributed by atoms with E-state index in [0.29, 0.717) is 12.0 Å². The van der Waals surface area contributed by atoms with Gasteiger partial charge in [0, 0.05) is 25.9 Å². The van der Waals surface area contributed by atoms with Crippen LogP contribution in [-0.4, -0.2) is 57.0 Å². The van der Waals surface area contributed by atoms with Gasteiger partial charge in [0.2, 0.25) is 0 Å². The predicted molar refractivity (Wildman–Crippen MR) is 75.7 cm³/mol. The highest BCUT2D eigenvalue weighted by Gasteiger charge is 2.40. The Morgan fingerprint density at radius 3 is 2.68 bits per heavy atom. The quantitative estimate of drug-likeness (QED) is 0.571. The zero-order valence-electron chi connectivity index (χ0n) is 12.4. The second kappa shape index (κ2) is 6.99. The summed E-state index contributed by atoms with van der Waals surface area (Å²) in [7, 11) is 4.22. The topological polar surface area (TPSA) is 59.8 Å². The Labute approximate surface area is 116 Å². The van der Waals surface area contributed by atoms with Crippen LogP contribution in [0.2, 0.25) is 0 Å². The molecule has 19 heavy (non-hydrogen) atoms. The molecular formula is C14H29N3O2. The maximum Gasteiger partial charge on any atom is 0.0729 e. The largest absolute Gasteiger partial charge is 0.381 e. The lowest BCUT2D eigenvalue weighted by atomic mass is 9.77. The number of nitrogens with zero attached hydrogens (tertiary/aromatic N) is 1. The van der Waals surface area contributed by atoms with Crippen molar-refractivity contribution in [3.05, 3.63) is 0 Å². The number of ether oxygens (including phenoxy) is 2. The lowest BCUT2D eigenvalue weighted by molar-refractivity contribution is -0.150. The summed E-state index contributed by atoms with van der Waals surface area (Å²) in [6.07, 6.45) is 5.41. The van der Waals surface area contributed by atoms with Crippen LogP contribution in [0.4, 0.5) is 0 Å². The van der Waals surface area contributed by atoms with E-state index in [4.69, 9.17) is 15.3 Å². The first-order valence-corrected chi connectivity index (χ1v) is 7.48. The third kappa shape index (κ3) is 4.13. The molecule has 2 aliphatic heterocycles. The summed E-state index contributed by atoms with van der Waals surface area (Å²) in [5.74, 6) is 6.40. The molecule has 3 N–H and O–H groups in total. The van der Waals surface area contributed by atoms with E-state index < -0.39 is 0 Å². The van der Waals surface area contributed by atoms with Crippen molar-refractivity contribution < 1.29 is 9.47 Å². The molecule has 5 nitrogen and oxygen atoms in total. The molecule has 0 saturated carbocycles. The number of nitrogens with one attached hydrogen (secondary N) is 1. The molecule has 0 radical (unpaired) electrons. The first-order valence-electron chi connectivity index (χ1n) is 7.48. The smallest absolute Gasteiger partial charge is 0.0729 e. The lowest BCUT2D eigenvalue weighted by Gasteiger charge is -2.45. The highest BCUT2D eigenvalue weighted by atomic mass is 16.5. The van der Waals surface area contributed by atoms with Crippen LogP contribution in [0.5, 0.6) is 0 Å². The van der Waals surface area contributed by atoms with Crippen molar-refractivity contribution in [3.63, 3.8) is 0 Å². The van der Waals surface area contributed by atoms with Crippen LogP contribution in [0, 0.1) is 5.92 Å². The summed E-state index contributed by atoms with van der Waals surface area (Å²) < 4.78 is 11.6. The molecule has 2 saturated heterocycles. The Hall–Kier alpha value is -0.200. The number of rotatable bonds is 5. The van der Waals surface area contributed by atoms with E-state index in [0.717, 1.165) is 58.5 Å². The predicted octanol–water partition coefficient (Wildman–Crippen LogP) is 0.746. The fourth-order valence-corrected chi connectivity index (χ4v) is 3.35. The van der Waals surface area contributed by atoms with Gasteiger partial charge in [0.05, 0.1) is 5.60 Å². The Kier molecular flexibility index (Phi) is 5.59. The van der Waals surface area contributed by atoms with E-state index in [-0.39, 0.29) is 5.60 Å². The molecule has 0 amide bonds. The SMILES string of the molecule is CN(C)CCC(NN)C1CCOC2(CCOCC2)C1. The molecule has 2 unspecified atom stereocenters. The molecule has 2 heterocycles. The second-order valence-corrected chi connectivity index (χ2v) is 6.26. The highest BCUT2D eigenvalue weighted by Crippen LogP contribution is 2.38. The average Bonchev–Trinajstić information content (AvgIpc) is 2.40. The van der Waals surface area contributed by atoms with Crippen LogP contribution in [0.3, 0.4) is 0 Å². The molecule has 0 aliphatic carbocycles. The van der Waals surface area contributed by atoms with Crippen LogP contribution in [-0.2, 0) is 9.47 Å². The van der Waals surface area contributed by atoms with Crippen LogP contribution in [0.15, 0.2) is 0 Å². The van der Waals surface area contributed by atoms with Crippen molar-refractivity contribution in [1.29, 1.82) is 0 Å². The summed E-state index contributed by atoms with van der Waals surface area (Å²) in [5, 5.41) is 0.